The van der Waals surface area contributed by atoms with E-state index < -0.39 is 15.9 Å². The molecule has 0 radical (unpaired) electrons. The monoisotopic (exact) mass is 455 g/mol. The van der Waals surface area contributed by atoms with Crippen molar-refractivity contribution < 1.29 is 22.4 Å². The van der Waals surface area contributed by atoms with Crippen LogP contribution in [0.3, 0.4) is 0 Å². The highest BCUT2D eigenvalue weighted by Crippen LogP contribution is 2.19. The highest BCUT2D eigenvalue weighted by Gasteiger charge is 2.17. The molecule has 0 atom stereocenters. The van der Waals surface area contributed by atoms with Gasteiger partial charge >= 0.3 is 0 Å². The van der Waals surface area contributed by atoms with Gasteiger partial charge in [-0.15, -0.1) is 0 Å². The first-order chi connectivity index (χ1) is 15.2. The number of carbonyl (C=O) groups is 2. The number of hydrogen-bond acceptors (Lipinski definition) is 5. The van der Waals surface area contributed by atoms with Crippen LogP contribution < -0.4 is 15.4 Å². The van der Waals surface area contributed by atoms with Crippen molar-refractivity contribution in [3.8, 4) is 0 Å². The van der Waals surface area contributed by atoms with E-state index in [2.05, 4.69) is 15.4 Å². The predicted molar refractivity (Wildman–Crippen MR) is 121 cm³/mol. The van der Waals surface area contributed by atoms with Gasteiger partial charge in [0.25, 0.3) is 11.8 Å². The van der Waals surface area contributed by atoms with Crippen molar-refractivity contribution in [3.63, 3.8) is 0 Å². The van der Waals surface area contributed by atoms with E-state index in [1.165, 1.54) is 6.26 Å². The number of hydrogen-bond donors (Lipinski definition) is 3. The second-order valence-electron chi connectivity index (χ2n) is 7.38. The van der Waals surface area contributed by atoms with E-state index >= 15 is 0 Å². The Labute approximate surface area is 187 Å². The minimum absolute atomic E-state index is 0.0371. The number of nitrogens with one attached hydrogen (secondary N) is 3. The van der Waals surface area contributed by atoms with Gasteiger partial charge in [-0.05, 0) is 67.8 Å². The average Bonchev–Trinajstić information content (AvgIpc) is 3.29. The zero-order chi connectivity index (χ0) is 23.3. The molecule has 0 aliphatic rings. The van der Waals surface area contributed by atoms with Crippen molar-refractivity contribution in [3.05, 3.63) is 82.8 Å². The topological polar surface area (TPSA) is 118 Å². The van der Waals surface area contributed by atoms with Crippen molar-refractivity contribution in [2.45, 2.75) is 25.7 Å². The Hall–Kier alpha value is -3.43. The molecule has 2 amide bonds. The molecule has 9 heteroatoms. The zero-order valence-corrected chi connectivity index (χ0v) is 18.9. The van der Waals surface area contributed by atoms with Crippen LogP contribution in [0, 0.1) is 20.8 Å². The summed E-state index contributed by atoms with van der Waals surface area (Å²) in [5, 5.41) is 5.40. The van der Waals surface area contributed by atoms with Crippen LogP contribution in [-0.4, -0.2) is 33.3 Å². The number of amides is 2. The fourth-order valence-corrected chi connectivity index (χ4v) is 4.39. The summed E-state index contributed by atoms with van der Waals surface area (Å²) in [5.41, 5.74) is 3.09. The molecule has 1 aromatic heterocycles. The third kappa shape index (κ3) is 5.63. The summed E-state index contributed by atoms with van der Waals surface area (Å²) in [6, 6.07) is 13.3. The van der Waals surface area contributed by atoms with Crippen molar-refractivity contribution in [2.75, 3.05) is 18.4 Å². The summed E-state index contributed by atoms with van der Waals surface area (Å²) in [6.45, 7) is 5.50. The third-order valence-electron chi connectivity index (χ3n) is 4.83. The van der Waals surface area contributed by atoms with Crippen LogP contribution in [0.4, 0.5) is 5.69 Å². The van der Waals surface area contributed by atoms with Gasteiger partial charge in [0.15, 0.2) is 5.76 Å². The summed E-state index contributed by atoms with van der Waals surface area (Å²) in [4.78, 5) is 24.9. The molecule has 0 aliphatic heterocycles. The summed E-state index contributed by atoms with van der Waals surface area (Å²) < 4.78 is 32.6. The standard InChI is InChI=1S/C23H25N3O5S/c1-15-6-7-17(3)21(13-15)32(29,30)25-11-10-24-22(27)18-9-8-16(2)19(14-18)26-23(28)20-5-4-12-31-20/h4-9,12-14,25H,10-11H2,1-3H3,(H,24,27)(H,26,28). The van der Waals surface area contributed by atoms with Crippen molar-refractivity contribution in [1.29, 1.82) is 0 Å². The van der Waals surface area contributed by atoms with Crippen LogP contribution in [0.5, 0.6) is 0 Å². The lowest BCUT2D eigenvalue weighted by Crippen LogP contribution is -2.35. The predicted octanol–water partition coefficient (Wildman–Crippen LogP) is 3.17. The molecule has 0 unspecified atom stereocenters. The highest BCUT2D eigenvalue weighted by molar-refractivity contribution is 7.89. The minimum Gasteiger partial charge on any atom is -0.459 e. The molecule has 168 valence electrons. The van der Waals surface area contributed by atoms with Gasteiger partial charge in [0.2, 0.25) is 10.0 Å². The number of benzene rings is 2. The maximum atomic E-state index is 12.5. The first-order valence-corrected chi connectivity index (χ1v) is 11.5. The molecular weight excluding hydrogens is 430 g/mol. The molecule has 0 spiro atoms. The van der Waals surface area contributed by atoms with E-state index in [9.17, 15) is 18.0 Å². The Bertz CT molecular complexity index is 1230. The van der Waals surface area contributed by atoms with Gasteiger partial charge in [0.1, 0.15) is 0 Å². The summed E-state index contributed by atoms with van der Waals surface area (Å²) >= 11 is 0. The first kappa shape index (κ1) is 23.2. The van der Waals surface area contributed by atoms with Gasteiger partial charge in [-0.2, -0.15) is 0 Å². The van der Waals surface area contributed by atoms with E-state index in [0.717, 1.165) is 11.1 Å². The largest absolute Gasteiger partial charge is 0.459 e. The van der Waals surface area contributed by atoms with Gasteiger partial charge in [0.05, 0.1) is 11.2 Å². The van der Waals surface area contributed by atoms with Crippen molar-refractivity contribution in [1.82, 2.24) is 10.0 Å². The molecule has 2 aromatic carbocycles. The van der Waals surface area contributed by atoms with E-state index in [-0.39, 0.29) is 29.7 Å². The van der Waals surface area contributed by atoms with Gasteiger partial charge in [-0.25, -0.2) is 13.1 Å². The van der Waals surface area contributed by atoms with E-state index in [1.807, 2.05) is 19.9 Å². The molecule has 3 aromatic rings. The van der Waals surface area contributed by atoms with Gasteiger partial charge in [-0.3, -0.25) is 9.59 Å². The van der Waals surface area contributed by atoms with Crippen LogP contribution in [0.15, 0.2) is 64.1 Å². The molecule has 3 rings (SSSR count). The molecule has 0 aliphatic carbocycles. The summed E-state index contributed by atoms with van der Waals surface area (Å²) in [7, 11) is -3.68. The second kappa shape index (κ2) is 9.80. The fourth-order valence-electron chi connectivity index (χ4n) is 3.03. The maximum Gasteiger partial charge on any atom is 0.291 e. The molecule has 3 N–H and O–H groups in total. The molecule has 0 saturated carbocycles. The number of rotatable bonds is 8. The third-order valence-corrected chi connectivity index (χ3v) is 6.43. The van der Waals surface area contributed by atoms with Crippen LogP contribution in [0.25, 0.3) is 0 Å². The van der Waals surface area contributed by atoms with Crippen LogP contribution >= 0.6 is 0 Å². The fraction of sp³-hybridized carbons (Fsp3) is 0.217. The smallest absolute Gasteiger partial charge is 0.291 e. The average molecular weight is 456 g/mol. The molecule has 0 fully saturated rings. The van der Waals surface area contributed by atoms with Gasteiger partial charge in [-0.1, -0.05) is 18.2 Å². The number of carbonyl (C=O) groups excluding carboxylic acids is 2. The lowest BCUT2D eigenvalue weighted by atomic mass is 10.1. The van der Waals surface area contributed by atoms with Crippen LogP contribution in [-0.2, 0) is 10.0 Å². The molecule has 8 nitrogen and oxygen atoms in total. The Balaban J connectivity index is 1.58. The SMILES string of the molecule is Cc1ccc(C)c(S(=O)(=O)NCCNC(=O)c2ccc(C)c(NC(=O)c3ccco3)c2)c1. The Morgan fingerprint density at radius 2 is 1.66 bits per heavy atom. The van der Waals surface area contributed by atoms with E-state index in [1.54, 1.807) is 49.4 Å². The molecule has 32 heavy (non-hydrogen) atoms. The van der Waals surface area contributed by atoms with Crippen molar-refractivity contribution >= 4 is 27.5 Å². The molecular formula is C23H25N3O5S. The van der Waals surface area contributed by atoms with E-state index in [4.69, 9.17) is 4.42 Å². The lowest BCUT2D eigenvalue weighted by molar-refractivity contribution is 0.0952. The highest BCUT2D eigenvalue weighted by atomic mass is 32.2. The Morgan fingerprint density at radius 3 is 2.38 bits per heavy atom. The van der Waals surface area contributed by atoms with Crippen LogP contribution in [0.1, 0.15) is 37.6 Å². The second-order valence-corrected chi connectivity index (χ2v) is 9.12. The van der Waals surface area contributed by atoms with Crippen molar-refractivity contribution in [2.24, 2.45) is 0 Å². The van der Waals surface area contributed by atoms with Gasteiger partial charge < -0.3 is 15.1 Å². The molecule has 0 bridgehead atoms. The molecule has 1 heterocycles. The number of anilines is 1. The Kier molecular flexibility index (Phi) is 7.12. The first-order valence-electron chi connectivity index (χ1n) is 9.98. The summed E-state index contributed by atoms with van der Waals surface area (Å²) in [5.74, 6) is -0.642. The number of furan rings is 1. The quantitative estimate of drug-likeness (QED) is 0.451. The Morgan fingerprint density at radius 1 is 0.906 bits per heavy atom. The molecule has 0 saturated heterocycles. The number of sulfonamides is 1. The van der Waals surface area contributed by atoms with Crippen LogP contribution in [0.2, 0.25) is 0 Å². The van der Waals surface area contributed by atoms with E-state index in [0.29, 0.717) is 16.8 Å². The minimum atomic E-state index is -3.68. The van der Waals surface area contributed by atoms with Gasteiger partial charge in [0, 0.05) is 24.3 Å². The lowest BCUT2D eigenvalue weighted by Gasteiger charge is -2.12. The number of aryl methyl sites for hydroxylation is 3. The zero-order valence-electron chi connectivity index (χ0n) is 18.1. The maximum absolute atomic E-state index is 12.5. The normalized spacial score (nSPS) is 11.2. The summed E-state index contributed by atoms with van der Waals surface area (Å²) in [6.07, 6.45) is 1.40.